The van der Waals surface area contributed by atoms with E-state index in [1.165, 1.54) is 5.56 Å². The highest BCUT2D eigenvalue weighted by atomic mass is 35.5. The maximum Gasteiger partial charge on any atom is 0.254 e. The number of unbranched alkanes of at least 4 members (excludes halogenated alkanes) is 1. The predicted molar refractivity (Wildman–Crippen MR) is 123 cm³/mol. The first kappa shape index (κ1) is 26.5. The highest BCUT2D eigenvalue weighted by molar-refractivity contribution is 7.80. The number of hydrogen-bond acceptors (Lipinski definition) is 4. The molecular weight excluding hydrogens is 401 g/mol. The van der Waals surface area contributed by atoms with E-state index in [4.69, 9.17) is 5.73 Å². The fourth-order valence-corrected chi connectivity index (χ4v) is 3.68. The summed E-state index contributed by atoms with van der Waals surface area (Å²) in [6, 6.07) is 6.38. The van der Waals surface area contributed by atoms with Gasteiger partial charge in [0.25, 0.3) is 5.91 Å². The molecule has 7 heteroatoms. The van der Waals surface area contributed by atoms with Gasteiger partial charge < -0.3 is 10.6 Å². The van der Waals surface area contributed by atoms with Crippen LogP contribution in [0.1, 0.15) is 47.7 Å². The highest BCUT2D eigenvalue weighted by Crippen LogP contribution is 2.21. The van der Waals surface area contributed by atoms with Crippen molar-refractivity contribution in [2.75, 3.05) is 31.9 Å². The molecule has 1 aromatic carbocycles. The number of halogens is 2. The lowest BCUT2D eigenvalue weighted by atomic mass is 9.99. The number of nitrogens with two attached hydrogens (primary N) is 1. The molecule has 1 saturated heterocycles. The Hall–Kier alpha value is -0.460. The number of nitrogens with zero attached hydrogens (tertiary/aromatic N) is 2. The molecule has 4 nitrogen and oxygen atoms in total. The standard InChI is InChI=1S/C20H33N3OS.2ClH/c1-4-5-8-18-13-22(12-17(21)14-25)10-11-23(18)20(24)19-9-6-7-15(2)16(19)3;;/h6-7,9,17-18,25H,4-5,8,10-14,21H2,1-3H3;2*1H. The van der Waals surface area contributed by atoms with Crippen molar-refractivity contribution in [3.63, 3.8) is 0 Å². The van der Waals surface area contributed by atoms with Crippen LogP contribution < -0.4 is 5.73 Å². The second kappa shape index (κ2) is 12.9. The summed E-state index contributed by atoms with van der Waals surface area (Å²) in [5.74, 6) is 0.877. The zero-order chi connectivity index (χ0) is 18.4. The fourth-order valence-electron chi connectivity index (χ4n) is 3.57. The summed E-state index contributed by atoms with van der Waals surface area (Å²) in [4.78, 5) is 17.7. The monoisotopic (exact) mass is 435 g/mol. The van der Waals surface area contributed by atoms with Crippen molar-refractivity contribution < 1.29 is 4.79 Å². The largest absolute Gasteiger partial charge is 0.333 e. The number of hydrogen-bond donors (Lipinski definition) is 2. The SMILES string of the molecule is CCCCC1CN(CC(N)CS)CCN1C(=O)c1cccc(C)c1C.Cl.Cl. The van der Waals surface area contributed by atoms with E-state index in [0.29, 0.717) is 5.75 Å². The van der Waals surface area contributed by atoms with E-state index < -0.39 is 0 Å². The minimum atomic E-state index is 0. The Morgan fingerprint density at radius 2 is 2.00 bits per heavy atom. The van der Waals surface area contributed by atoms with Crippen LogP contribution in [-0.2, 0) is 0 Å². The molecule has 0 bridgehead atoms. The third-order valence-electron chi connectivity index (χ3n) is 5.28. The van der Waals surface area contributed by atoms with Crippen molar-refractivity contribution in [2.45, 2.75) is 52.1 Å². The summed E-state index contributed by atoms with van der Waals surface area (Å²) in [6.45, 7) is 9.76. The van der Waals surface area contributed by atoms with Gasteiger partial charge in [-0.1, -0.05) is 31.9 Å². The Morgan fingerprint density at radius 3 is 2.63 bits per heavy atom. The Bertz CT molecular complexity index is 588. The molecule has 2 N–H and O–H groups in total. The number of carbonyl (C=O) groups excluding carboxylic acids is 1. The van der Waals surface area contributed by atoms with Gasteiger partial charge in [0.05, 0.1) is 0 Å². The molecule has 1 aliphatic rings. The van der Waals surface area contributed by atoms with E-state index in [-0.39, 0.29) is 42.8 Å². The molecule has 1 amide bonds. The summed E-state index contributed by atoms with van der Waals surface area (Å²) in [5, 5.41) is 0. The summed E-state index contributed by atoms with van der Waals surface area (Å²) in [5.41, 5.74) is 9.20. The first-order chi connectivity index (χ1) is 12.0. The van der Waals surface area contributed by atoms with Gasteiger partial charge in [-0.15, -0.1) is 24.8 Å². The lowest BCUT2D eigenvalue weighted by Gasteiger charge is -2.42. The van der Waals surface area contributed by atoms with Gasteiger partial charge in [-0.25, -0.2) is 0 Å². The van der Waals surface area contributed by atoms with Crippen LogP contribution in [0.2, 0.25) is 0 Å². The molecule has 0 aromatic heterocycles. The molecule has 0 aliphatic carbocycles. The molecule has 2 rings (SSSR count). The molecule has 2 unspecified atom stereocenters. The average Bonchev–Trinajstić information content (AvgIpc) is 2.61. The second-order valence-corrected chi connectivity index (χ2v) is 7.61. The molecule has 0 saturated carbocycles. The third kappa shape index (κ3) is 7.13. The van der Waals surface area contributed by atoms with Crippen LogP contribution in [0, 0.1) is 13.8 Å². The van der Waals surface area contributed by atoms with E-state index in [0.717, 1.165) is 56.6 Å². The lowest BCUT2D eigenvalue weighted by Crippen LogP contribution is -2.57. The van der Waals surface area contributed by atoms with Crippen molar-refractivity contribution in [2.24, 2.45) is 5.73 Å². The van der Waals surface area contributed by atoms with Crippen LogP contribution >= 0.6 is 37.4 Å². The number of thiol groups is 1. The number of rotatable bonds is 7. The van der Waals surface area contributed by atoms with Crippen LogP contribution in [0.4, 0.5) is 0 Å². The number of carbonyl (C=O) groups is 1. The first-order valence-electron chi connectivity index (χ1n) is 9.43. The lowest BCUT2D eigenvalue weighted by molar-refractivity contribution is 0.0423. The summed E-state index contributed by atoms with van der Waals surface area (Å²) in [7, 11) is 0. The predicted octanol–water partition coefficient (Wildman–Crippen LogP) is 3.72. The van der Waals surface area contributed by atoms with Crippen molar-refractivity contribution in [1.82, 2.24) is 9.80 Å². The van der Waals surface area contributed by atoms with Crippen molar-refractivity contribution in [3.8, 4) is 0 Å². The summed E-state index contributed by atoms with van der Waals surface area (Å²) in [6.07, 6.45) is 3.35. The quantitative estimate of drug-likeness (QED) is 0.641. The molecule has 0 spiro atoms. The van der Waals surface area contributed by atoms with Crippen molar-refractivity contribution in [3.05, 3.63) is 34.9 Å². The molecule has 1 fully saturated rings. The second-order valence-electron chi connectivity index (χ2n) is 7.24. The molecule has 2 atom stereocenters. The highest BCUT2D eigenvalue weighted by Gasteiger charge is 2.31. The molecule has 27 heavy (non-hydrogen) atoms. The topological polar surface area (TPSA) is 49.6 Å². The van der Waals surface area contributed by atoms with Gasteiger partial charge in [0.2, 0.25) is 0 Å². The van der Waals surface area contributed by atoms with Gasteiger partial charge in [0.15, 0.2) is 0 Å². The fraction of sp³-hybridized carbons (Fsp3) is 0.650. The van der Waals surface area contributed by atoms with Gasteiger partial charge >= 0.3 is 0 Å². The zero-order valence-corrected chi connectivity index (χ0v) is 19.2. The van der Waals surface area contributed by atoms with Crippen LogP contribution in [0.3, 0.4) is 0 Å². The Kier molecular flexibility index (Phi) is 12.7. The summed E-state index contributed by atoms with van der Waals surface area (Å²) >= 11 is 4.30. The van der Waals surface area contributed by atoms with E-state index in [1.807, 2.05) is 19.1 Å². The first-order valence-corrected chi connectivity index (χ1v) is 10.1. The Labute approximate surface area is 182 Å². The van der Waals surface area contributed by atoms with E-state index in [1.54, 1.807) is 0 Å². The molecule has 1 aromatic rings. The van der Waals surface area contributed by atoms with Gasteiger partial charge in [-0.2, -0.15) is 12.6 Å². The van der Waals surface area contributed by atoms with E-state index in [2.05, 4.69) is 42.3 Å². The van der Waals surface area contributed by atoms with E-state index >= 15 is 0 Å². The Balaban J connectivity index is 0.00000338. The van der Waals surface area contributed by atoms with E-state index in [9.17, 15) is 4.79 Å². The molecule has 0 radical (unpaired) electrons. The van der Waals surface area contributed by atoms with Crippen LogP contribution in [0.5, 0.6) is 0 Å². The number of benzene rings is 1. The molecular formula is C20H35Cl2N3OS. The van der Waals surface area contributed by atoms with Crippen LogP contribution in [0.25, 0.3) is 0 Å². The van der Waals surface area contributed by atoms with Crippen LogP contribution in [-0.4, -0.2) is 59.7 Å². The van der Waals surface area contributed by atoms with Crippen LogP contribution in [0.15, 0.2) is 18.2 Å². The maximum atomic E-state index is 13.2. The Morgan fingerprint density at radius 1 is 1.30 bits per heavy atom. The van der Waals surface area contributed by atoms with Gasteiger partial charge in [0, 0.05) is 49.6 Å². The third-order valence-corrected chi connectivity index (χ3v) is 5.75. The summed E-state index contributed by atoms with van der Waals surface area (Å²) < 4.78 is 0. The minimum Gasteiger partial charge on any atom is -0.333 e. The van der Waals surface area contributed by atoms with Crippen molar-refractivity contribution >= 4 is 43.4 Å². The maximum absolute atomic E-state index is 13.2. The number of aryl methyl sites for hydroxylation is 1. The number of piperazine rings is 1. The van der Waals surface area contributed by atoms with Gasteiger partial charge in [0.1, 0.15) is 0 Å². The average molecular weight is 436 g/mol. The van der Waals surface area contributed by atoms with Crippen molar-refractivity contribution in [1.29, 1.82) is 0 Å². The zero-order valence-electron chi connectivity index (χ0n) is 16.7. The minimum absolute atomic E-state index is 0. The normalized spacial score (nSPS) is 18.4. The van der Waals surface area contributed by atoms with Gasteiger partial charge in [-0.05, 0) is 37.5 Å². The molecule has 1 aliphatic heterocycles. The van der Waals surface area contributed by atoms with Gasteiger partial charge in [-0.3, -0.25) is 9.69 Å². The molecule has 1 heterocycles. The smallest absolute Gasteiger partial charge is 0.254 e. The molecule has 156 valence electrons. The number of amides is 1.